The van der Waals surface area contributed by atoms with E-state index < -0.39 is 12.0 Å². The van der Waals surface area contributed by atoms with Crippen LogP contribution in [0.2, 0.25) is 0 Å². The Hall–Kier alpha value is 0.360. The summed E-state index contributed by atoms with van der Waals surface area (Å²) in [5.41, 5.74) is 5.12. The van der Waals surface area contributed by atoms with Gasteiger partial charge in [0.15, 0.2) is 0 Å². The first-order valence-electron chi connectivity index (χ1n) is 2.97. The summed E-state index contributed by atoms with van der Waals surface area (Å²) < 4.78 is 24.8. The second-order valence-electron chi connectivity index (χ2n) is 2.33. The predicted molar refractivity (Wildman–Crippen MR) is 44.9 cm³/mol. The summed E-state index contributed by atoms with van der Waals surface area (Å²) in [6, 6.07) is -0.946. The minimum absolute atomic E-state index is 0. The smallest absolute Gasteiger partial charge is 0.275 e. The number of nitrogens with two attached hydrogens (primary N) is 1. The van der Waals surface area contributed by atoms with E-state index in [2.05, 4.69) is 5.32 Å². The summed E-state index contributed by atoms with van der Waals surface area (Å²) >= 11 is 0. The summed E-state index contributed by atoms with van der Waals surface area (Å²) in [5.74, 6) is -2.70. The van der Waals surface area contributed by atoms with Crippen molar-refractivity contribution >= 4 is 24.8 Å². The molecule has 0 radical (unpaired) electrons. The molecule has 11 heavy (non-hydrogen) atoms. The van der Waals surface area contributed by atoms with Gasteiger partial charge in [-0.1, -0.05) is 0 Å². The van der Waals surface area contributed by atoms with Crippen LogP contribution in [0.3, 0.4) is 0 Å². The van der Waals surface area contributed by atoms with Crippen LogP contribution >= 0.6 is 24.8 Å². The number of hydrogen-bond donors (Lipinski definition) is 2. The van der Waals surface area contributed by atoms with Gasteiger partial charge in [-0.05, 0) is 13.0 Å². The maximum Gasteiger partial charge on any atom is 0.275 e. The molecular formula is C5H12Cl2F2N2. The highest BCUT2D eigenvalue weighted by molar-refractivity contribution is 5.85. The van der Waals surface area contributed by atoms with E-state index in [-0.39, 0.29) is 31.4 Å². The Morgan fingerprint density at radius 2 is 1.91 bits per heavy atom. The standard InChI is InChI=1S/C5H10F2N2.2ClH/c6-5(7)3-9-2-1-4(5)8;;/h4,9H,1-3,8H2;2*1H/t4-;;/m1../s1. The molecule has 1 heterocycles. The topological polar surface area (TPSA) is 38.0 Å². The van der Waals surface area contributed by atoms with E-state index in [4.69, 9.17) is 5.73 Å². The molecule has 3 N–H and O–H groups in total. The van der Waals surface area contributed by atoms with E-state index in [9.17, 15) is 8.78 Å². The number of halogens is 4. The van der Waals surface area contributed by atoms with Crippen molar-refractivity contribution in [2.45, 2.75) is 18.4 Å². The van der Waals surface area contributed by atoms with Crippen molar-refractivity contribution in [2.75, 3.05) is 13.1 Å². The first-order valence-corrected chi connectivity index (χ1v) is 2.97. The molecule has 0 aromatic carbocycles. The second kappa shape index (κ2) is 5.09. The third-order valence-electron chi connectivity index (χ3n) is 1.54. The maximum absolute atomic E-state index is 12.4. The van der Waals surface area contributed by atoms with Gasteiger partial charge < -0.3 is 11.1 Å². The van der Waals surface area contributed by atoms with Crippen molar-refractivity contribution < 1.29 is 8.78 Å². The fraction of sp³-hybridized carbons (Fsp3) is 1.00. The molecule has 2 nitrogen and oxygen atoms in total. The normalized spacial score (nSPS) is 28.1. The molecule has 1 fully saturated rings. The molecule has 0 bridgehead atoms. The van der Waals surface area contributed by atoms with Gasteiger partial charge in [-0.3, -0.25) is 0 Å². The molecule has 0 spiro atoms. The molecule has 1 rings (SSSR count). The highest BCUT2D eigenvalue weighted by Gasteiger charge is 2.38. The summed E-state index contributed by atoms with van der Waals surface area (Å²) in [4.78, 5) is 0. The molecule has 1 atom stereocenters. The van der Waals surface area contributed by atoms with Crippen molar-refractivity contribution in [1.82, 2.24) is 5.32 Å². The first kappa shape index (κ1) is 13.9. The molecular weight excluding hydrogens is 197 g/mol. The van der Waals surface area contributed by atoms with E-state index in [0.29, 0.717) is 13.0 Å². The monoisotopic (exact) mass is 208 g/mol. The number of piperidine rings is 1. The molecule has 1 aliphatic rings. The lowest BCUT2D eigenvalue weighted by Gasteiger charge is -2.28. The molecule has 0 amide bonds. The highest BCUT2D eigenvalue weighted by atomic mass is 35.5. The quantitative estimate of drug-likeness (QED) is 0.618. The van der Waals surface area contributed by atoms with Gasteiger partial charge in [0.25, 0.3) is 5.92 Å². The summed E-state index contributed by atoms with van der Waals surface area (Å²) in [6.45, 7) is 0.338. The van der Waals surface area contributed by atoms with Crippen molar-refractivity contribution in [3.63, 3.8) is 0 Å². The number of alkyl halides is 2. The van der Waals surface area contributed by atoms with Gasteiger partial charge in [-0.15, -0.1) is 24.8 Å². The van der Waals surface area contributed by atoms with Gasteiger partial charge in [-0.2, -0.15) is 0 Å². The predicted octanol–water partition coefficient (Wildman–Crippen LogP) is 0.786. The minimum Gasteiger partial charge on any atom is -0.323 e. The van der Waals surface area contributed by atoms with Gasteiger partial charge in [0.1, 0.15) is 0 Å². The average Bonchev–Trinajstić information content (AvgIpc) is 1.77. The SMILES string of the molecule is Cl.Cl.N[C@@H]1CCNCC1(F)F. The Morgan fingerprint density at radius 1 is 1.36 bits per heavy atom. The first-order chi connectivity index (χ1) is 4.13. The number of hydrogen-bond acceptors (Lipinski definition) is 2. The minimum atomic E-state index is -2.70. The van der Waals surface area contributed by atoms with Crippen LogP contribution in [0.25, 0.3) is 0 Å². The zero-order valence-electron chi connectivity index (χ0n) is 5.85. The second-order valence-corrected chi connectivity index (χ2v) is 2.33. The lowest BCUT2D eigenvalue weighted by atomic mass is 10.0. The van der Waals surface area contributed by atoms with Crippen LogP contribution in [-0.2, 0) is 0 Å². The molecule has 6 heteroatoms. The Morgan fingerprint density at radius 3 is 2.18 bits per heavy atom. The number of rotatable bonds is 0. The van der Waals surface area contributed by atoms with E-state index >= 15 is 0 Å². The van der Waals surface area contributed by atoms with Crippen LogP contribution in [0.15, 0.2) is 0 Å². The third kappa shape index (κ3) is 3.51. The fourth-order valence-electron chi connectivity index (χ4n) is 0.855. The molecule has 70 valence electrons. The van der Waals surface area contributed by atoms with Gasteiger partial charge >= 0.3 is 0 Å². The van der Waals surface area contributed by atoms with Crippen molar-refractivity contribution in [3.05, 3.63) is 0 Å². The summed E-state index contributed by atoms with van der Waals surface area (Å²) in [5, 5.41) is 2.58. The summed E-state index contributed by atoms with van der Waals surface area (Å²) in [6.07, 6.45) is 0.368. The Kier molecular flexibility index (Phi) is 6.43. The van der Waals surface area contributed by atoms with E-state index in [0.717, 1.165) is 0 Å². The van der Waals surface area contributed by atoms with E-state index in [1.54, 1.807) is 0 Å². The van der Waals surface area contributed by atoms with E-state index in [1.165, 1.54) is 0 Å². The lowest BCUT2D eigenvalue weighted by Crippen LogP contribution is -2.53. The fourth-order valence-corrected chi connectivity index (χ4v) is 0.855. The van der Waals surface area contributed by atoms with Crippen LogP contribution in [-0.4, -0.2) is 25.1 Å². The third-order valence-corrected chi connectivity index (χ3v) is 1.54. The van der Waals surface area contributed by atoms with Gasteiger partial charge in [0, 0.05) is 0 Å². The van der Waals surface area contributed by atoms with Crippen LogP contribution in [0.1, 0.15) is 6.42 Å². The molecule has 0 aromatic rings. The average molecular weight is 209 g/mol. The van der Waals surface area contributed by atoms with Gasteiger partial charge in [0.2, 0.25) is 0 Å². The van der Waals surface area contributed by atoms with E-state index in [1.807, 2.05) is 0 Å². The van der Waals surface area contributed by atoms with Crippen LogP contribution in [0.5, 0.6) is 0 Å². The van der Waals surface area contributed by atoms with Gasteiger partial charge in [0.05, 0.1) is 12.6 Å². The highest BCUT2D eigenvalue weighted by Crippen LogP contribution is 2.20. The Bertz CT molecular complexity index is 113. The largest absolute Gasteiger partial charge is 0.323 e. The molecule has 0 saturated carbocycles. The van der Waals surface area contributed by atoms with Crippen molar-refractivity contribution in [3.8, 4) is 0 Å². The van der Waals surface area contributed by atoms with Crippen LogP contribution < -0.4 is 11.1 Å². The Balaban J connectivity index is 0. The van der Waals surface area contributed by atoms with Crippen molar-refractivity contribution in [2.24, 2.45) is 5.73 Å². The molecule has 0 aromatic heterocycles. The zero-order chi connectivity index (χ0) is 6.91. The summed E-state index contributed by atoms with van der Waals surface area (Å²) in [7, 11) is 0. The number of nitrogens with one attached hydrogen (secondary N) is 1. The van der Waals surface area contributed by atoms with Gasteiger partial charge in [-0.25, -0.2) is 8.78 Å². The molecule has 1 aliphatic heterocycles. The van der Waals surface area contributed by atoms with Crippen molar-refractivity contribution in [1.29, 1.82) is 0 Å². The zero-order valence-corrected chi connectivity index (χ0v) is 7.48. The van der Waals surface area contributed by atoms with Crippen LogP contribution in [0.4, 0.5) is 8.78 Å². The molecule has 0 unspecified atom stereocenters. The maximum atomic E-state index is 12.4. The molecule has 1 saturated heterocycles. The Labute approximate surface area is 76.7 Å². The molecule has 0 aliphatic carbocycles. The van der Waals surface area contributed by atoms with Crippen LogP contribution in [0, 0.1) is 0 Å². The lowest BCUT2D eigenvalue weighted by molar-refractivity contribution is -0.0388.